The minimum atomic E-state index is -0.827. The summed E-state index contributed by atoms with van der Waals surface area (Å²) in [5.41, 5.74) is 3.35. The van der Waals surface area contributed by atoms with E-state index in [-0.39, 0.29) is 22.2 Å². The van der Waals surface area contributed by atoms with Gasteiger partial charge < -0.3 is 14.6 Å². The number of hydrogen-bond donors (Lipinski definition) is 1. The van der Waals surface area contributed by atoms with Crippen LogP contribution in [0.3, 0.4) is 0 Å². The molecule has 1 aliphatic rings. The fourth-order valence-corrected chi connectivity index (χ4v) is 4.94. The summed E-state index contributed by atoms with van der Waals surface area (Å²) in [6.07, 6.45) is 0. The standard InChI is InChI=1S/C33H37NO5/c1-32(2,3)22-15-12-20(13-16-22)28-27(29(35)21-14-17-26(39-8)25(18-21)33(4,5)6)30(36)31(37)34(28)23-10-9-11-24(19-23)38-7/h9-19,28,35H,1-8H3/b29-27-. The molecule has 1 atom stereocenters. The topological polar surface area (TPSA) is 76.1 Å². The lowest BCUT2D eigenvalue weighted by Crippen LogP contribution is -2.29. The largest absolute Gasteiger partial charge is 0.507 e. The van der Waals surface area contributed by atoms with Crippen molar-refractivity contribution in [3.8, 4) is 11.5 Å². The number of Topliss-reactive ketones (excluding diaryl/α,β-unsaturated/α-hetero) is 1. The molecule has 6 heteroatoms. The minimum Gasteiger partial charge on any atom is -0.507 e. The SMILES string of the molecule is COc1cccc(N2C(=O)C(=O)/C(=C(\O)c3ccc(OC)c(C(C)(C)C)c3)C2c2ccc(C(C)(C)C)cc2)c1. The zero-order chi connectivity index (χ0) is 28.7. The number of methoxy groups -OCH3 is 2. The van der Waals surface area contributed by atoms with Gasteiger partial charge in [0.25, 0.3) is 11.7 Å². The number of nitrogens with zero attached hydrogens (tertiary/aromatic N) is 1. The number of ether oxygens (including phenoxy) is 2. The van der Waals surface area contributed by atoms with Crippen LogP contribution in [0.15, 0.2) is 72.3 Å². The maximum atomic E-state index is 13.6. The number of carbonyl (C=O) groups is 2. The van der Waals surface area contributed by atoms with Crippen molar-refractivity contribution in [2.24, 2.45) is 0 Å². The fourth-order valence-electron chi connectivity index (χ4n) is 4.94. The van der Waals surface area contributed by atoms with E-state index in [9.17, 15) is 14.7 Å². The number of carbonyl (C=O) groups excluding carboxylic acids is 2. The summed E-state index contributed by atoms with van der Waals surface area (Å²) in [6, 6.07) is 19.4. The van der Waals surface area contributed by atoms with Crippen molar-refractivity contribution < 1.29 is 24.2 Å². The van der Waals surface area contributed by atoms with Crippen LogP contribution in [0.5, 0.6) is 11.5 Å². The average molecular weight is 528 g/mol. The second-order valence-electron chi connectivity index (χ2n) is 11.9. The molecule has 204 valence electrons. The van der Waals surface area contributed by atoms with Gasteiger partial charge in [0.15, 0.2) is 0 Å². The first-order valence-electron chi connectivity index (χ1n) is 13.0. The summed E-state index contributed by atoms with van der Waals surface area (Å²) in [4.78, 5) is 28.6. The van der Waals surface area contributed by atoms with Gasteiger partial charge in [-0.05, 0) is 52.3 Å². The third kappa shape index (κ3) is 5.29. The van der Waals surface area contributed by atoms with Crippen molar-refractivity contribution in [2.75, 3.05) is 19.1 Å². The first-order chi connectivity index (χ1) is 18.3. The molecular weight excluding hydrogens is 490 g/mol. The molecule has 0 radical (unpaired) electrons. The Morgan fingerprint density at radius 2 is 1.49 bits per heavy atom. The van der Waals surface area contributed by atoms with E-state index in [2.05, 4.69) is 20.8 Å². The molecule has 0 bridgehead atoms. The van der Waals surface area contributed by atoms with E-state index < -0.39 is 17.7 Å². The third-order valence-electron chi connectivity index (χ3n) is 7.15. The summed E-state index contributed by atoms with van der Waals surface area (Å²) in [6.45, 7) is 12.5. The van der Waals surface area contributed by atoms with Crippen molar-refractivity contribution in [3.63, 3.8) is 0 Å². The lowest BCUT2D eigenvalue weighted by Gasteiger charge is -2.27. The Bertz CT molecular complexity index is 1440. The third-order valence-corrected chi connectivity index (χ3v) is 7.15. The molecule has 1 amide bonds. The van der Waals surface area contributed by atoms with Crippen LogP contribution < -0.4 is 14.4 Å². The fraction of sp³-hybridized carbons (Fsp3) is 0.333. The molecule has 1 unspecified atom stereocenters. The first kappa shape index (κ1) is 28.0. The van der Waals surface area contributed by atoms with Crippen LogP contribution in [0.1, 0.15) is 69.8 Å². The molecule has 1 heterocycles. The van der Waals surface area contributed by atoms with Crippen LogP contribution in [0.4, 0.5) is 5.69 Å². The monoisotopic (exact) mass is 527 g/mol. The zero-order valence-electron chi connectivity index (χ0n) is 24.0. The normalized spacial score (nSPS) is 17.4. The lowest BCUT2D eigenvalue weighted by molar-refractivity contribution is -0.132. The second kappa shape index (κ2) is 10.3. The summed E-state index contributed by atoms with van der Waals surface area (Å²) < 4.78 is 10.9. The number of aliphatic hydroxyl groups excluding tert-OH is 1. The van der Waals surface area contributed by atoms with Gasteiger partial charge in [-0.2, -0.15) is 0 Å². The minimum absolute atomic E-state index is 0.0383. The number of aliphatic hydroxyl groups is 1. The van der Waals surface area contributed by atoms with E-state index in [1.165, 1.54) is 4.90 Å². The Morgan fingerprint density at radius 3 is 2.05 bits per heavy atom. The van der Waals surface area contributed by atoms with Gasteiger partial charge in [-0.15, -0.1) is 0 Å². The molecule has 1 fully saturated rings. The van der Waals surface area contributed by atoms with Gasteiger partial charge in [-0.3, -0.25) is 14.5 Å². The van der Waals surface area contributed by atoms with Crippen molar-refractivity contribution in [2.45, 2.75) is 58.4 Å². The Labute approximate surface area is 230 Å². The highest BCUT2D eigenvalue weighted by Gasteiger charge is 2.47. The van der Waals surface area contributed by atoms with Gasteiger partial charge in [-0.25, -0.2) is 0 Å². The highest BCUT2D eigenvalue weighted by atomic mass is 16.5. The Kier molecular flexibility index (Phi) is 7.35. The highest BCUT2D eigenvalue weighted by Crippen LogP contribution is 2.44. The molecule has 3 aromatic rings. The van der Waals surface area contributed by atoms with Gasteiger partial charge in [0.05, 0.1) is 25.8 Å². The molecule has 3 aromatic carbocycles. The molecule has 0 saturated carbocycles. The average Bonchev–Trinajstić information content (AvgIpc) is 3.17. The second-order valence-corrected chi connectivity index (χ2v) is 11.9. The smallest absolute Gasteiger partial charge is 0.300 e. The molecule has 0 spiro atoms. The van der Waals surface area contributed by atoms with E-state index in [0.29, 0.717) is 22.7 Å². The van der Waals surface area contributed by atoms with Crippen molar-refractivity contribution in [1.82, 2.24) is 0 Å². The number of benzene rings is 3. The number of hydrogen-bond acceptors (Lipinski definition) is 5. The van der Waals surface area contributed by atoms with Crippen LogP contribution >= 0.6 is 0 Å². The van der Waals surface area contributed by atoms with Gasteiger partial charge in [-0.1, -0.05) is 71.9 Å². The van der Waals surface area contributed by atoms with E-state index in [1.807, 2.05) is 51.1 Å². The molecule has 4 rings (SSSR count). The summed E-state index contributed by atoms with van der Waals surface area (Å²) in [5, 5.41) is 11.7. The van der Waals surface area contributed by atoms with E-state index in [1.54, 1.807) is 50.6 Å². The van der Waals surface area contributed by atoms with E-state index in [4.69, 9.17) is 9.47 Å². The first-order valence-corrected chi connectivity index (χ1v) is 13.0. The Hall–Kier alpha value is -4.06. The summed E-state index contributed by atoms with van der Waals surface area (Å²) in [5.74, 6) is -0.434. The maximum absolute atomic E-state index is 13.6. The summed E-state index contributed by atoms with van der Waals surface area (Å²) in [7, 11) is 3.15. The van der Waals surface area contributed by atoms with Crippen LogP contribution in [-0.2, 0) is 20.4 Å². The number of ketones is 1. The Morgan fingerprint density at radius 1 is 0.821 bits per heavy atom. The van der Waals surface area contributed by atoms with Crippen molar-refractivity contribution >= 4 is 23.1 Å². The van der Waals surface area contributed by atoms with Crippen LogP contribution in [0.2, 0.25) is 0 Å². The van der Waals surface area contributed by atoms with Gasteiger partial charge in [0.2, 0.25) is 0 Å². The van der Waals surface area contributed by atoms with Crippen LogP contribution in [0, 0.1) is 0 Å². The molecule has 0 aromatic heterocycles. The summed E-state index contributed by atoms with van der Waals surface area (Å²) >= 11 is 0. The zero-order valence-corrected chi connectivity index (χ0v) is 24.0. The predicted molar refractivity (Wildman–Crippen MR) is 155 cm³/mol. The van der Waals surface area contributed by atoms with Crippen LogP contribution in [0.25, 0.3) is 5.76 Å². The quantitative estimate of drug-likeness (QED) is 0.221. The maximum Gasteiger partial charge on any atom is 0.300 e. The number of rotatable bonds is 5. The predicted octanol–water partition coefficient (Wildman–Crippen LogP) is 6.93. The van der Waals surface area contributed by atoms with Gasteiger partial charge in [0, 0.05) is 22.9 Å². The molecular formula is C33H37NO5. The highest BCUT2D eigenvalue weighted by molar-refractivity contribution is 6.51. The van der Waals surface area contributed by atoms with Gasteiger partial charge >= 0.3 is 0 Å². The lowest BCUT2D eigenvalue weighted by atomic mass is 9.84. The number of amides is 1. The molecule has 0 aliphatic carbocycles. The van der Waals surface area contributed by atoms with Crippen molar-refractivity contribution in [3.05, 3.63) is 94.6 Å². The Balaban J connectivity index is 1.96. The number of anilines is 1. The van der Waals surface area contributed by atoms with E-state index >= 15 is 0 Å². The molecule has 1 N–H and O–H groups in total. The molecule has 6 nitrogen and oxygen atoms in total. The van der Waals surface area contributed by atoms with E-state index in [0.717, 1.165) is 16.7 Å². The van der Waals surface area contributed by atoms with Crippen molar-refractivity contribution in [1.29, 1.82) is 0 Å². The molecule has 1 saturated heterocycles. The van der Waals surface area contributed by atoms with Crippen LogP contribution in [-0.4, -0.2) is 31.0 Å². The van der Waals surface area contributed by atoms with Gasteiger partial charge in [0.1, 0.15) is 17.3 Å². The molecule has 39 heavy (non-hydrogen) atoms. The molecule has 1 aliphatic heterocycles.